The topological polar surface area (TPSA) is 106 Å². The van der Waals surface area contributed by atoms with Gasteiger partial charge < -0.3 is 4.90 Å². The summed E-state index contributed by atoms with van der Waals surface area (Å²) < 4.78 is 1.33. The van der Waals surface area contributed by atoms with Crippen molar-refractivity contribution in [2.24, 2.45) is 0 Å². The lowest BCUT2D eigenvalue weighted by Crippen LogP contribution is -2.26. The Bertz CT molecular complexity index is 706. The van der Waals surface area contributed by atoms with Gasteiger partial charge in [-0.25, -0.2) is 4.68 Å². The summed E-state index contributed by atoms with van der Waals surface area (Å²) in [5.74, 6) is -0.206. The van der Waals surface area contributed by atoms with E-state index >= 15 is 0 Å². The number of anilines is 1. The van der Waals surface area contributed by atoms with Crippen LogP contribution in [0.4, 0.5) is 5.13 Å². The van der Waals surface area contributed by atoms with Crippen LogP contribution in [-0.4, -0.2) is 56.0 Å². The van der Waals surface area contributed by atoms with Crippen molar-refractivity contribution >= 4 is 28.3 Å². The van der Waals surface area contributed by atoms with Gasteiger partial charge >= 0.3 is 0 Å². The van der Waals surface area contributed by atoms with Crippen molar-refractivity contribution in [3.63, 3.8) is 0 Å². The molecular weight excluding hydrogens is 330 g/mol. The first kappa shape index (κ1) is 18.0. The van der Waals surface area contributed by atoms with Crippen LogP contribution in [0.5, 0.6) is 0 Å². The Morgan fingerprint density at radius 1 is 1.25 bits per heavy atom. The lowest BCUT2D eigenvalue weighted by molar-refractivity contribution is -0.129. The molecule has 2 amide bonds. The molecule has 0 spiro atoms. The van der Waals surface area contributed by atoms with Gasteiger partial charge in [-0.3, -0.25) is 14.9 Å². The van der Waals surface area contributed by atoms with Crippen molar-refractivity contribution in [1.82, 2.24) is 30.1 Å². The molecule has 0 aliphatic rings. The van der Waals surface area contributed by atoms with Gasteiger partial charge in [-0.05, 0) is 12.8 Å². The summed E-state index contributed by atoms with van der Waals surface area (Å²) in [6.07, 6.45) is 3.39. The molecule has 1 N–H and O–H groups in total. The van der Waals surface area contributed by atoms with Gasteiger partial charge in [-0.1, -0.05) is 30.4 Å². The number of nitrogens with zero attached hydrogens (tertiary/aromatic N) is 6. The predicted molar refractivity (Wildman–Crippen MR) is 89.9 cm³/mol. The number of carbonyl (C=O) groups is 2. The highest BCUT2D eigenvalue weighted by Gasteiger charge is 2.17. The molecule has 2 rings (SSSR count). The molecule has 0 fully saturated rings. The molecular formula is C14H21N7O2S. The summed E-state index contributed by atoms with van der Waals surface area (Å²) in [5.41, 5.74) is 0.126. The zero-order chi connectivity index (χ0) is 17.7. The molecule has 2 heterocycles. The Kier molecular flexibility index (Phi) is 5.96. The lowest BCUT2D eigenvalue weighted by Gasteiger charge is -2.08. The number of aromatic nitrogens is 5. The lowest BCUT2D eigenvalue weighted by atomic mass is 10.1. The molecule has 0 radical (unpaired) electrons. The van der Waals surface area contributed by atoms with Crippen LogP contribution in [0.15, 0.2) is 6.20 Å². The van der Waals surface area contributed by atoms with E-state index in [1.54, 1.807) is 14.1 Å². The second-order valence-corrected chi connectivity index (χ2v) is 6.51. The van der Waals surface area contributed by atoms with Crippen LogP contribution in [0.2, 0.25) is 0 Å². The maximum Gasteiger partial charge on any atom is 0.279 e. The van der Waals surface area contributed by atoms with E-state index in [4.69, 9.17) is 0 Å². The molecule has 0 saturated carbocycles. The molecule has 0 unspecified atom stereocenters. The number of hydrogen-bond donors (Lipinski definition) is 1. The fourth-order valence-corrected chi connectivity index (χ4v) is 3.01. The minimum Gasteiger partial charge on any atom is -0.347 e. The Morgan fingerprint density at radius 3 is 2.58 bits per heavy atom. The molecule has 0 bridgehead atoms. The van der Waals surface area contributed by atoms with Crippen molar-refractivity contribution in [2.75, 3.05) is 19.4 Å². The Hall–Kier alpha value is -2.36. The van der Waals surface area contributed by atoms with E-state index in [-0.39, 0.29) is 18.1 Å². The Morgan fingerprint density at radius 2 is 1.96 bits per heavy atom. The van der Waals surface area contributed by atoms with Crippen LogP contribution in [0.1, 0.15) is 48.1 Å². The molecule has 2 aromatic rings. The Balaban J connectivity index is 2.00. The van der Waals surface area contributed by atoms with Crippen molar-refractivity contribution < 1.29 is 9.59 Å². The summed E-state index contributed by atoms with van der Waals surface area (Å²) >= 11 is 1.36. The number of nitrogens with one attached hydrogen (secondary N) is 1. The van der Waals surface area contributed by atoms with E-state index in [1.165, 1.54) is 27.1 Å². The minimum absolute atomic E-state index is 0.0327. The Labute approximate surface area is 144 Å². The number of hydrogen-bond acceptors (Lipinski definition) is 7. The summed E-state index contributed by atoms with van der Waals surface area (Å²) in [4.78, 5) is 25.3. The third-order valence-corrected chi connectivity index (χ3v) is 4.56. The van der Waals surface area contributed by atoms with Gasteiger partial charge in [0, 0.05) is 20.0 Å². The molecule has 0 aliphatic carbocycles. The third kappa shape index (κ3) is 4.34. The van der Waals surface area contributed by atoms with E-state index in [0.717, 1.165) is 17.8 Å². The SMILES string of the molecule is CCC(CC)c1nnc(NC(=O)c2cn(CC(=O)N(C)C)nn2)s1. The summed E-state index contributed by atoms with van der Waals surface area (Å²) in [6.45, 7) is 4.23. The number of amides is 2. The smallest absolute Gasteiger partial charge is 0.279 e. The second kappa shape index (κ2) is 7.95. The van der Waals surface area contributed by atoms with E-state index in [2.05, 4.69) is 39.7 Å². The van der Waals surface area contributed by atoms with E-state index < -0.39 is 5.91 Å². The molecule has 10 heteroatoms. The van der Waals surface area contributed by atoms with Crippen molar-refractivity contribution in [1.29, 1.82) is 0 Å². The highest BCUT2D eigenvalue weighted by atomic mass is 32.1. The van der Waals surface area contributed by atoms with Crippen LogP contribution in [0.3, 0.4) is 0 Å². The van der Waals surface area contributed by atoms with Crippen LogP contribution in [0.25, 0.3) is 0 Å². The van der Waals surface area contributed by atoms with Gasteiger partial charge in [0.2, 0.25) is 11.0 Å². The first-order valence-electron chi connectivity index (χ1n) is 7.69. The number of carbonyl (C=O) groups excluding carboxylic acids is 2. The maximum absolute atomic E-state index is 12.2. The first-order chi connectivity index (χ1) is 11.4. The standard InChI is InChI=1S/C14H21N7O2S/c1-5-9(6-2)13-17-18-14(24-13)15-12(23)10-7-21(19-16-10)8-11(22)20(3)4/h7,9H,5-6,8H2,1-4H3,(H,15,18,23). The zero-order valence-electron chi connectivity index (χ0n) is 14.2. The molecule has 0 atom stereocenters. The average molecular weight is 351 g/mol. The molecule has 24 heavy (non-hydrogen) atoms. The average Bonchev–Trinajstić information content (AvgIpc) is 3.18. The van der Waals surface area contributed by atoms with Gasteiger partial charge in [0.1, 0.15) is 11.6 Å². The molecule has 9 nitrogen and oxygen atoms in total. The van der Waals surface area contributed by atoms with Crippen molar-refractivity contribution in [3.8, 4) is 0 Å². The maximum atomic E-state index is 12.2. The molecule has 130 valence electrons. The van der Waals surface area contributed by atoms with E-state index in [9.17, 15) is 9.59 Å². The predicted octanol–water partition coefficient (Wildman–Crippen LogP) is 1.37. The molecule has 2 aromatic heterocycles. The summed E-state index contributed by atoms with van der Waals surface area (Å²) in [7, 11) is 3.31. The van der Waals surface area contributed by atoms with Crippen LogP contribution in [0, 0.1) is 0 Å². The molecule has 0 aromatic carbocycles. The fraction of sp³-hybridized carbons (Fsp3) is 0.571. The van der Waals surface area contributed by atoms with E-state index in [0.29, 0.717) is 11.0 Å². The number of likely N-dealkylation sites (N-methyl/N-ethyl adjacent to an activating group) is 1. The van der Waals surface area contributed by atoms with Crippen LogP contribution in [-0.2, 0) is 11.3 Å². The van der Waals surface area contributed by atoms with E-state index in [1.807, 2.05) is 0 Å². The normalized spacial score (nSPS) is 10.9. The zero-order valence-corrected chi connectivity index (χ0v) is 15.0. The van der Waals surface area contributed by atoms with Gasteiger partial charge in [0.15, 0.2) is 5.69 Å². The largest absolute Gasteiger partial charge is 0.347 e. The molecule has 0 saturated heterocycles. The summed E-state index contributed by atoms with van der Waals surface area (Å²) in [5, 5.41) is 19.7. The first-order valence-corrected chi connectivity index (χ1v) is 8.51. The number of rotatable bonds is 7. The van der Waals surface area contributed by atoms with Gasteiger partial charge in [0.05, 0.1) is 6.20 Å². The summed E-state index contributed by atoms with van der Waals surface area (Å²) in [6, 6.07) is 0. The fourth-order valence-electron chi connectivity index (χ4n) is 2.01. The van der Waals surface area contributed by atoms with Crippen molar-refractivity contribution in [2.45, 2.75) is 39.2 Å². The van der Waals surface area contributed by atoms with Gasteiger partial charge in [-0.2, -0.15) is 0 Å². The van der Waals surface area contributed by atoms with Gasteiger partial charge in [-0.15, -0.1) is 15.3 Å². The highest BCUT2D eigenvalue weighted by molar-refractivity contribution is 7.15. The quantitative estimate of drug-likeness (QED) is 0.807. The third-order valence-electron chi connectivity index (χ3n) is 3.56. The second-order valence-electron chi connectivity index (χ2n) is 5.50. The van der Waals surface area contributed by atoms with Gasteiger partial charge in [0.25, 0.3) is 5.91 Å². The molecule has 0 aliphatic heterocycles. The highest BCUT2D eigenvalue weighted by Crippen LogP contribution is 2.28. The van der Waals surface area contributed by atoms with Crippen molar-refractivity contribution in [3.05, 3.63) is 16.9 Å². The minimum atomic E-state index is -0.425. The van der Waals surface area contributed by atoms with Crippen LogP contribution >= 0.6 is 11.3 Å². The van der Waals surface area contributed by atoms with Crippen LogP contribution < -0.4 is 5.32 Å². The monoisotopic (exact) mass is 351 g/mol.